The molecule has 0 unspecified atom stereocenters. The van der Waals surface area contributed by atoms with Crippen LogP contribution in [0, 0.1) is 3.57 Å². The second-order valence-corrected chi connectivity index (χ2v) is 6.75. The van der Waals surface area contributed by atoms with Crippen LogP contribution >= 0.6 is 45.8 Å². The molecule has 0 N–H and O–H groups in total. The van der Waals surface area contributed by atoms with Crippen LogP contribution in [0.25, 0.3) is 11.1 Å². The molecule has 5 heteroatoms. The largest absolute Gasteiger partial charge is 0.268 e. The number of benzene rings is 2. The molecule has 0 bridgehead atoms. The van der Waals surface area contributed by atoms with Crippen LogP contribution in [0.2, 0.25) is 10.0 Å². The Hall–Kier alpha value is -1.04. The van der Waals surface area contributed by atoms with Gasteiger partial charge in [-0.15, -0.1) is 0 Å². The van der Waals surface area contributed by atoms with E-state index in [1.807, 2.05) is 41.3 Å². The Labute approximate surface area is 146 Å². The molecule has 0 spiro atoms. The van der Waals surface area contributed by atoms with Crippen molar-refractivity contribution < 1.29 is 0 Å². The van der Waals surface area contributed by atoms with Gasteiger partial charge in [-0.1, -0.05) is 41.4 Å². The van der Waals surface area contributed by atoms with Crippen LogP contribution in [-0.4, -0.2) is 9.78 Å². The Bertz CT molecular complexity index is 783. The highest BCUT2D eigenvalue weighted by molar-refractivity contribution is 14.1. The lowest BCUT2D eigenvalue weighted by atomic mass is 10.1. The first-order valence-corrected chi connectivity index (χ1v) is 8.17. The van der Waals surface area contributed by atoms with Gasteiger partial charge in [0.2, 0.25) is 0 Å². The van der Waals surface area contributed by atoms with Gasteiger partial charge in [-0.3, -0.25) is 4.68 Å². The number of hydrogen-bond acceptors (Lipinski definition) is 1. The Morgan fingerprint density at radius 2 is 1.86 bits per heavy atom. The summed E-state index contributed by atoms with van der Waals surface area (Å²) < 4.78 is 3.11. The minimum absolute atomic E-state index is 0.569. The molecule has 0 amide bonds. The molecule has 0 aliphatic rings. The summed E-state index contributed by atoms with van der Waals surface area (Å²) in [7, 11) is 0. The first-order chi connectivity index (χ1) is 10.1. The fourth-order valence-electron chi connectivity index (χ4n) is 2.09. The maximum absolute atomic E-state index is 6.04. The van der Waals surface area contributed by atoms with Crippen molar-refractivity contribution >= 4 is 45.8 Å². The van der Waals surface area contributed by atoms with Gasteiger partial charge in [0.1, 0.15) is 0 Å². The van der Waals surface area contributed by atoms with Crippen LogP contribution in [0.5, 0.6) is 0 Å². The lowest BCUT2D eigenvalue weighted by Gasteiger charge is -2.03. The monoisotopic (exact) mass is 428 g/mol. The quantitative estimate of drug-likeness (QED) is 0.503. The summed E-state index contributed by atoms with van der Waals surface area (Å²) in [5, 5.41) is 5.55. The van der Waals surface area contributed by atoms with Gasteiger partial charge in [0.05, 0.1) is 22.8 Å². The predicted molar refractivity (Wildman–Crippen MR) is 95.9 cm³/mol. The molecule has 3 rings (SSSR count). The normalized spacial score (nSPS) is 10.8. The van der Waals surface area contributed by atoms with Crippen LogP contribution in [0.4, 0.5) is 0 Å². The van der Waals surface area contributed by atoms with Crippen molar-refractivity contribution in [1.29, 1.82) is 0 Å². The number of rotatable bonds is 3. The van der Waals surface area contributed by atoms with Gasteiger partial charge >= 0.3 is 0 Å². The van der Waals surface area contributed by atoms with Gasteiger partial charge in [0.25, 0.3) is 0 Å². The second-order valence-electron chi connectivity index (χ2n) is 4.69. The van der Waals surface area contributed by atoms with Crippen LogP contribution in [0.15, 0.2) is 54.9 Å². The fourth-order valence-corrected chi connectivity index (χ4v) is 2.96. The highest BCUT2D eigenvalue weighted by atomic mass is 127. The Kier molecular flexibility index (Phi) is 4.52. The zero-order valence-corrected chi connectivity index (χ0v) is 14.6. The van der Waals surface area contributed by atoms with E-state index in [1.165, 1.54) is 9.13 Å². The maximum atomic E-state index is 6.04. The average Bonchev–Trinajstić information content (AvgIpc) is 2.91. The molecule has 21 heavy (non-hydrogen) atoms. The summed E-state index contributed by atoms with van der Waals surface area (Å²) in [5.74, 6) is 0. The number of hydrogen-bond donors (Lipinski definition) is 0. The third kappa shape index (κ3) is 3.59. The van der Waals surface area contributed by atoms with Crippen molar-refractivity contribution in [3.05, 3.63) is 74.0 Å². The van der Waals surface area contributed by atoms with Crippen molar-refractivity contribution in [2.24, 2.45) is 0 Å². The summed E-state index contributed by atoms with van der Waals surface area (Å²) in [6, 6.07) is 14.0. The molecular weight excluding hydrogens is 418 g/mol. The van der Waals surface area contributed by atoms with E-state index < -0.39 is 0 Å². The van der Waals surface area contributed by atoms with Gasteiger partial charge in [-0.05, 0) is 58.0 Å². The molecule has 3 aromatic rings. The molecule has 1 heterocycles. The van der Waals surface area contributed by atoms with E-state index in [1.54, 1.807) is 0 Å². The van der Waals surface area contributed by atoms with Crippen molar-refractivity contribution in [1.82, 2.24) is 9.78 Å². The highest BCUT2D eigenvalue weighted by Crippen LogP contribution is 2.24. The van der Waals surface area contributed by atoms with Crippen molar-refractivity contribution in [2.45, 2.75) is 6.54 Å². The number of nitrogens with zero attached hydrogens (tertiary/aromatic N) is 2. The first kappa shape index (κ1) is 14.9. The van der Waals surface area contributed by atoms with Gasteiger partial charge in [0, 0.05) is 15.3 Å². The first-order valence-electron chi connectivity index (χ1n) is 6.34. The molecule has 1 aromatic heterocycles. The van der Waals surface area contributed by atoms with Crippen LogP contribution in [0.1, 0.15) is 5.56 Å². The third-order valence-corrected chi connectivity index (χ3v) is 4.53. The minimum atomic E-state index is 0.569. The van der Waals surface area contributed by atoms with Crippen molar-refractivity contribution in [3.63, 3.8) is 0 Å². The lowest BCUT2D eigenvalue weighted by Crippen LogP contribution is -1.99. The molecule has 0 fully saturated rings. The maximum Gasteiger partial charge on any atom is 0.0660 e. The summed E-state index contributed by atoms with van der Waals surface area (Å²) >= 11 is 14.3. The molecule has 0 aliphatic carbocycles. The van der Waals surface area contributed by atoms with E-state index in [-0.39, 0.29) is 0 Å². The summed E-state index contributed by atoms with van der Waals surface area (Å²) in [6.45, 7) is 0.667. The van der Waals surface area contributed by atoms with E-state index in [0.717, 1.165) is 11.1 Å². The fraction of sp³-hybridized carbons (Fsp3) is 0.0625. The Morgan fingerprint density at radius 3 is 2.62 bits per heavy atom. The molecular formula is C16H11Cl2IN2. The molecule has 2 aromatic carbocycles. The van der Waals surface area contributed by atoms with Crippen LogP contribution < -0.4 is 0 Å². The van der Waals surface area contributed by atoms with E-state index in [0.29, 0.717) is 16.6 Å². The predicted octanol–water partition coefficient (Wildman–Crippen LogP) is 5.51. The van der Waals surface area contributed by atoms with Gasteiger partial charge < -0.3 is 0 Å². The minimum Gasteiger partial charge on any atom is -0.268 e. The molecule has 2 nitrogen and oxygen atoms in total. The van der Waals surface area contributed by atoms with Gasteiger partial charge in [-0.25, -0.2) is 0 Å². The summed E-state index contributed by atoms with van der Waals surface area (Å²) in [4.78, 5) is 0. The molecule has 0 saturated heterocycles. The van der Waals surface area contributed by atoms with Crippen molar-refractivity contribution in [3.8, 4) is 11.1 Å². The van der Waals surface area contributed by atoms with E-state index in [2.05, 4.69) is 45.9 Å². The van der Waals surface area contributed by atoms with E-state index >= 15 is 0 Å². The topological polar surface area (TPSA) is 17.8 Å². The second kappa shape index (κ2) is 6.38. The molecule has 0 radical (unpaired) electrons. The number of aromatic nitrogens is 2. The summed E-state index contributed by atoms with van der Waals surface area (Å²) in [5.41, 5.74) is 3.34. The number of halogens is 3. The van der Waals surface area contributed by atoms with E-state index in [4.69, 9.17) is 23.2 Å². The average molecular weight is 429 g/mol. The Balaban J connectivity index is 1.83. The molecule has 0 atom stereocenters. The SMILES string of the molecule is Clc1ccc(Cn2cc(-c3cccc(I)c3)cn2)cc1Cl. The van der Waals surface area contributed by atoms with Crippen LogP contribution in [-0.2, 0) is 6.54 Å². The van der Waals surface area contributed by atoms with Crippen LogP contribution in [0.3, 0.4) is 0 Å². The lowest BCUT2D eigenvalue weighted by molar-refractivity contribution is 0.687. The van der Waals surface area contributed by atoms with Gasteiger partial charge in [-0.2, -0.15) is 5.10 Å². The zero-order chi connectivity index (χ0) is 14.8. The molecule has 0 aliphatic heterocycles. The molecule has 106 valence electrons. The third-order valence-electron chi connectivity index (χ3n) is 3.12. The van der Waals surface area contributed by atoms with Crippen molar-refractivity contribution in [2.75, 3.05) is 0 Å². The standard InChI is InChI=1S/C16H11Cl2IN2/c17-15-5-4-11(6-16(15)18)9-21-10-13(8-20-21)12-2-1-3-14(19)7-12/h1-8,10H,9H2. The molecule has 0 saturated carbocycles. The highest BCUT2D eigenvalue weighted by Gasteiger charge is 2.04. The Morgan fingerprint density at radius 1 is 1.00 bits per heavy atom. The zero-order valence-electron chi connectivity index (χ0n) is 10.9. The smallest absolute Gasteiger partial charge is 0.0660 e. The van der Waals surface area contributed by atoms with E-state index in [9.17, 15) is 0 Å². The summed E-state index contributed by atoms with van der Waals surface area (Å²) in [6.07, 6.45) is 3.91. The van der Waals surface area contributed by atoms with Gasteiger partial charge in [0.15, 0.2) is 0 Å².